The number of hydrogen-bond acceptors (Lipinski definition) is 3. The fourth-order valence-corrected chi connectivity index (χ4v) is 1.64. The van der Waals surface area contributed by atoms with Gasteiger partial charge in [-0.15, -0.1) is 0 Å². The van der Waals surface area contributed by atoms with E-state index in [0.29, 0.717) is 0 Å². The minimum Gasteiger partial charge on any atom is -0.390 e. The van der Waals surface area contributed by atoms with Gasteiger partial charge in [-0.3, -0.25) is 4.79 Å². The van der Waals surface area contributed by atoms with Gasteiger partial charge in [-0.1, -0.05) is 17.7 Å². The number of aromatic nitrogens is 2. The van der Waals surface area contributed by atoms with Gasteiger partial charge in [0.2, 0.25) is 5.43 Å². The average Bonchev–Trinajstić information content (AvgIpc) is 2.31. The second-order valence-electron chi connectivity index (χ2n) is 4.00. The van der Waals surface area contributed by atoms with E-state index in [1.807, 2.05) is 38.1 Å². The molecule has 17 heavy (non-hydrogen) atoms. The summed E-state index contributed by atoms with van der Waals surface area (Å²) >= 11 is 0. The normalized spacial score (nSPS) is 10.5. The molecule has 2 rings (SSSR count). The molecule has 1 N–H and O–H groups in total. The highest BCUT2D eigenvalue weighted by Gasteiger charge is 2.06. The fourth-order valence-electron chi connectivity index (χ4n) is 1.64. The molecular formula is C13H14N2O2. The van der Waals surface area contributed by atoms with Gasteiger partial charge in [-0.25, -0.2) is 4.68 Å². The predicted octanol–water partition coefficient (Wildman–Crippen LogP) is 1.34. The van der Waals surface area contributed by atoms with Crippen LogP contribution >= 0.6 is 0 Å². The molecule has 0 aliphatic carbocycles. The summed E-state index contributed by atoms with van der Waals surface area (Å²) in [6, 6.07) is 9.31. The summed E-state index contributed by atoms with van der Waals surface area (Å²) in [6.07, 6.45) is 0. The van der Waals surface area contributed by atoms with E-state index in [9.17, 15) is 4.79 Å². The minimum absolute atomic E-state index is 0.163. The van der Waals surface area contributed by atoms with E-state index in [1.165, 1.54) is 6.07 Å². The van der Waals surface area contributed by atoms with E-state index in [1.54, 1.807) is 4.68 Å². The molecule has 0 fully saturated rings. The first-order valence-electron chi connectivity index (χ1n) is 5.39. The van der Waals surface area contributed by atoms with Crippen molar-refractivity contribution in [1.82, 2.24) is 9.78 Å². The van der Waals surface area contributed by atoms with E-state index in [2.05, 4.69) is 5.10 Å². The number of nitrogens with zero attached hydrogens (tertiary/aromatic N) is 2. The number of rotatable bonds is 2. The lowest BCUT2D eigenvalue weighted by atomic mass is 10.2. The van der Waals surface area contributed by atoms with Crippen molar-refractivity contribution in [3.05, 3.63) is 57.5 Å². The number of aliphatic hydroxyl groups is 1. The Morgan fingerprint density at radius 2 is 1.88 bits per heavy atom. The smallest absolute Gasteiger partial charge is 0.206 e. The first-order chi connectivity index (χ1) is 8.11. The lowest BCUT2D eigenvalue weighted by Gasteiger charge is -2.10. The summed E-state index contributed by atoms with van der Waals surface area (Å²) in [5, 5.41) is 13.2. The maximum absolute atomic E-state index is 11.5. The Hall–Kier alpha value is -1.94. The first-order valence-corrected chi connectivity index (χ1v) is 5.39. The zero-order valence-electron chi connectivity index (χ0n) is 9.84. The molecule has 4 heteroatoms. The highest BCUT2D eigenvalue weighted by Crippen LogP contribution is 2.09. The number of benzene rings is 1. The van der Waals surface area contributed by atoms with Crippen molar-refractivity contribution < 1.29 is 5.11 Å². The molecule has 2 aromatic rings. The van der Waals surface area contributed by atoms with Crippen molar-refractivity contribution in [3.8, 4) is 5.69 Å². The SMILES string of the molecule is Cc1ccc(-n2nc(CO)c(=O)cc2C)cc1. The van der Waals surface area contributed by atoms with Crippen molar-refractivity contribution in [2.75, 3.05) is 0 Å². The standard InChI is InChI=1S/C13H14N2O2/c1-9-3-5-11(6-4-9)15-10(2)7-13(17)12(8-16)14-15/h3-7,16H,8H2,1-2H3. The van der Waals surface area contributed by atoms with Crippen LogP contribution in [0, 0.1) is 13.8 Å². The van der Waals surface area contributed by atoms with Crippen molar-refractivity contribution in [1.29, 1.82) is 0 Å². The van der Waals surface area contributed by atoms with Crippen LogP contribution in [0.15, 0.2) is 35.1 Å². The molecule has 88 valence electrons. The second-order valence-corrected chi connectivity index (χ2v) is 4.00. The molecule has 1 aromatic carbocycles. The predicted molar refractivity (Wildman–Crippen MR) is 65.2 cm³/mol. The Morgan fingerprint density at radius 3 is 2.47 bits per heavy atom. The van der Waals surface area contributed by atoms with Crippen LogP contribution in [-0.4, -0.2) is 14.9 Å². The fraction of sp³-hybridized carbons (Fsp3) is 0.231. The van der Waals surface area contributed by atoms with E-state index >= 15 is 0 Å². The molecular weight excluding hydrogens is 216 g/mol. The zero-order valence-corrected chi connectivity index (χ0v) is 9.84. The summed E-state index contributed by atoms with van der Waals surface area (Å²) in [5.74, 6) is 0. The Bertz CT molecular complexity index is 585. The lowest BCUT2D eigenvalue weighted by molar-refractivity contribution is 0.273. The molecule has 0 spiro atoms. The van der Waals surface area contributed by atoms with Gasteiger partial charge in [0.25, 0.3) is 0 Å². The van der Waals surface area contributed by atoms with Gasteiger partial charge in [-0.2, -0.15) is 5.10 Å². The number of aryl methyl sites for hydroxylation is 2. The maximum Gasteiger partial charge on any atom is 0.206 e. The molecule has 0 saturated carbocycles. The zero-order chi connectivity index (χ0) is 12.4. The third-order valence-electron chi connectivity index (χ3n) is 2.61. The van der Waals surface area contributed by atoms with E-state index in [-0.39, 0.29) is 17.7 Å². The molecule has 1 aromatic heterocycles. The Labute approximate surface area is 99.2 Å². The van der Waals surface area contributed by atoms with Crippen LogP contribution in [0.5, 0.6) is 0 Å². The van der Waals surface area contributed by atoms with E-state index < -0.39 is 0 Å². The molecule has 0 aliphatic rings. The first kappa shape index (κ1) is 11.5. The Kier molecular flexibility index (Phi) is 3.06. The van der Waals surface area contributed by atoms with Crippen LogP contribution in [0.25, 0.3) is 5.69 Å². The molecule has 0 bridgehead atoms. The summed E-state index contributed by atoms with van der Waals surface area (Å²) < 4.78 is 1.66. The van der Waals surface area contributed by atoms with Gasteiger partial charge in [-0.05, 0) is 26.0 Å². The molecule has 0 amide bonds. The van der Waals surface area contributed by atoms with Crippen LogP contribution in [0.1, 0.15) is 17.0 Å². The number of aliphatic hydroxyl groups excluding tert-OH is 1. The van der Waals surface area contributed by atoms with Gasteiger partial charge in [0, 0.05) is 11.8 Å². The second kappa shape index (κ2) is 4.51. The molecule has 0 saturated heterocycles. The van der Waals surface area contributed by atoms with Gasteiger partial charge in [0.05, 0.1) is 12.3 Å². The summed E-state index contributed by atoms with van der Waals surface area (Å²) in [6.45, 7) is 3.48. The number of hydrogen-bond donors (Lipinski definition) is 1. The van der Waals surface area contributed by atoms with Crippen LogP contribution in [0.4, 0.5) is 0 Å². The van der Waals surface area contributed by atoms with Gasteiger partial charge < -0.3 is 5.11 Å². The molecule has 4 nitrogen and oxygen atoms in total. The molecule has 0 aliphatic heterocycles. The lowest BCUT2D eigenvalue weighted by Crippen LogP contribution is -2.18. The largest absolute Gasteiger partial charge is 0.390 e. The van der Waals surface area contributed by atoms with E-state index in [0.717, 1.165) is 16.9 Å². The third kappa shape index (κ3) is 2.26. The van der Waals surface area contributed by atoms with Crippen LogP contribution in [0.2, 0.25) is 0 Å². The quantitative estimate of drug-likeness (QED) is 0.847. The van der Waals surface area contributed by atoms with Gasteiger partial charge in [0.1, 0.15) is 5.69 Å². The maximum atomic E-state index is 11.5. The topological polar surface area (TPSA) is 55.1 Å². The molecule has 1 heterocycles. The monoisotopic (exact) mass is 230 g/mol. The average molecular weight is 230 g/mol. The molecule has 0 radical (unpaired) electrons. The minimum atomic E-state index is -0.342. The van der Waals surface area contributed by atoms with Crippen molar-refractivity contribution >= 4 is 0 Å². The van der Waals surface area contributed by atoms with Gasteiger partial charge >= 0.3 is 0 Å². The van der Waals surface area contributed by atoms with Crippen molar-refractivity contribution in [3.63, 3.8) is 0 Å². The van der Waals surface area contributed by atoms with Crippen molar-refractivity contribution in [2.45, 2.75) is 20.5 Å². The highest BCUT2D eigenvalue weighted by molar-refractivity contribution is 5.35. The Morgan fingerprint density at radius 1 is 1.24 bits per heavy atom. The highest BCUT2D eigenvalue weighted by atomic mass is 16.3. The Balaban J connectivity index is 2.59. The van der Waals surface area contributed by atoms with Crippen LogP contribution < -0.4 is 5.43 Å². The van der Waals surface area contributed by atoms with E-state index in [4.69, 9.17) is 5.11 Å². The third-order valence-corrected chi connectivity index (χ3v) is 2.61. The van der Waals surface area contributed by atoms with Gasteiger partial charge in [0.15, 0.2) is 0 Å². The van der Waals surface area contributed by atoms with Crippen LogP contribution in [0.3, 0.4) is 0 Å². The van der Waals surface area contributed by atoms with Crippen molar-refractivity contribution in [2.24, 2.45) is 0 Å². The van der Waals surface area contributed by atoms with Crippen LogP contribution in [-0.2, 0) is 6.61 Å². The molecule has 0 atom stereocenters. The molecule has 0 unspecified atom stereocenters. The summed E-state index contributed by atoms with van der Waals surface area (Å²) in [7, 11) is 0. The summed E-state index contributed by atoms with van der Waals surface area (Å²) in [5.41, 5.74) is 2.72. The summed E-state index contributed by atoms with van der Waals surface area (Å²) in [4.78, 5) is 11.5.